The Labute approximate surface area is 350 Å². The van der Waals surface area contributed by atoms with Crippen molar-refractivity contribution >= 4 is 75.0 Å². The van der Waals surface area contributed by atoms with Crippen LogP contribution in [-0.4, -0.2) is 173 Å². The maximum Gasteiger partial charge on any atom is 0.317 e. The van der Waals surface area contributed by atoms with Gasteiger partial charge >= 0.3 is 6.03 Å². The molecule has 8 rings (SSSR count). The second-order valence-corrected chi connectivity index (χ2v) is 16.5. The molecule has 4 aromatic heterocycles. The van der Waals surface area contributed by atoms with Gasteiger partial charge in [0.25, 0.3) is 0 Å². The van der Waals surface area contributed by atoms with E-state index in [9.17, 15) is 34.8 Å². The highest BCUT2D eigenvalue weighted by Gasteiger charge is 2.45. The third kappa shape index (κ3) is 8.31. The van der Waals surface area contributed by atoms with Gasteiger partial charge < -0.3 is 71.3 Å². The fraction of sp³-hybridized carbons (Fsp3) is 0.629. The molecule has 5 heterocycles. The minimum atomic E-state index is -1.28. The molecule has 3 aliphatic carbocycles. The molecule has 4 fully saturated rings. The molecule has 11 N–H and O–H groups in total. The summed E-state index contributed by atoms with van der Waals surface area (Å²) in [4.78, 5) is 65.0. The van der Waals surface area contributed by atoms with E-state index in [2.05, 4.69) is 56.5 Å². The van der Waals surface area contributed by atoms with Crippen LogP contribution in [0.3, 0.4) is 0 Å². The molecule has 324 valence electrons. The van der Waals surface area contributed by atoms with E-state index in [-0.39, 0.29) is 47.6 Å². The Morgan fingerprint density at radius 1 is 0.633 bits per heavy atom. The summed E-state index contributed by atoms with van der Waals surface area (Å²) in [5, 5.41) is 75.8. The summed E-state index contributed by atoms with van der Waals surface area (Å²) in [5.74, 6) is -0.579. The molecule has 1 aliphatic heterocycles. The van der Waals surface area contributed by atoms with Gasteiger partial charge in [-0.25, -0.2) is 14.8 Å². The molecule has 4 amide bonds. The molecule has 3 saturated carbocycles. The van der Waals surface area contributed by atoms with Crippen LogP contribution in [0.15, 0.2) is 12.7 Å². The number of aromatic nitrogens is 8. The maximum absolute atomic E-state index is 13.4. The van der Waals surface area contributed by atoms with Crippen LogP contribution in [0.2, 0.25) is 10.6 Å². The Hall–Kier alpha value is -4.75. The zero-order chi connectivity index (χ0) is 42.4. The number of amides is 4. The number of urea groups is 1. The third-order valence-corrected chi connectivity index (χ3v) is 12.3. The first kappa shape index (κ1) is 42.0. The standard InChI is InChI=1S/C35H46Cl2N14O9/c36-33-45-29(23-31(47-33)50(12-38-23)19-7-17(25(56)27(19)58)43-21(54)10-52)40-14-1-3-15(4-2-14)42-35(60)49-6-5-16(9-49)41-30-24-32(48-34(37)46-30)51(13-39-24)20-8-18(26(57)28(20)59)44-22(55)11-53/h12-20,25-28,52-53,56-59H,1-11H2,(H,42,60)(H,43,54)(H,44,55)(H,40,45,47)(H,41,46,48)/t14-,15-,16-,17+,18+,19-,20-,25-,26-,27+,28+/m1/s1. The summed E-state index contributed by atoms with van der Waals surface area (Å²) < 4.78 is 3.18. The second-order valence-electron chi connectivity index (χ2n) is 15.8. The highest BCUT2D eigenvalue weighted by atomic mass is 35.5. The van der Waals surface area contributed by atoms with Crippen LogP contribution in [0, 0.1) is 0 Å². The van der Waals surface area contributed by atoms with Crippen molar-refractivity contribution in [2.75, 3.05) is 36.9 Å². The van der Waals surface area contributed by atoms with Gasteiger partial charge in [0.15, 0.2) is 34.0 Å². The molecule has 4 aliphatic rings. The number of imidazole rings is 2. The minimum absolute atomic E-state index is 0.00893. The van der Waals surface area contributed by atoms with Crippen molar-refractivity contribution in [2.45, 2.75) is 112 Å². The lowest BCUT2D eigenvalue weighted by Crippen LogP contribution is -2.46. The Morgan fingerprint density at radius 2 is 1.10 bits per heavy atom. The van der Waals surface area contributed by atoms with Gasteiger partial charge in [0.2, 0.25) is 22.4 Å². The van der Waals surface area contributed by atoms with E-state index in [0.717, 1.165) is 0 Å². The SMILES string of the molecule is O=C(CO)N[C@H]1C[C@@H](n2cnc3c(N[C@@H]4CCN(C(=O)N[C@H]5CC[C@H](Nc6nc(Cl)nc7c6ncn7[C@@H]6C[C@H](NC(=O)CO)[C@@H](O)[C@H]6O)CC5)C4)nc(Cl)nc32)[C@H](O)[C@@H]1O. The average Bonchev–Trinajstić information content (AvgIpc) is 4.06. The maximum atomic E-state index is 13.4. The molecular formula is C35H46Cl2N14O9. The summed E-state index contributed by atoms with van der Waals surface area (Å²) in [5.41, 5.74) is 1.45. The quantitative estimate of drug-likeness (QED) is 0.0739. The molecule has 0 unspecified atom stereocenters. The van der Waals surface area contributed by atoms with Gasteiger partial charge in [0.1, 0.15) is 37.6 Å². The van der Waals surface area contributed by atoms with Crippen LogP contribution in [0.4, 0.5) is 16.4 Å². The van der Waals surface area contributed by atoms with Gasteiger partial charge in [-0.05, 0) is 68.1 Å². The lowest BCUT2D eigenvalue weighted by atomic mass is 9.91. The predicted molar refractivity (Wildman–Crippen MR) is 212 cm³/mol. The minimum Gasteiger partial charge on any atom is -0.388 e. The van der Waals surface area contributed by atoms with Gasteiger partial charge in [0, 0.05) is 31.2 Å². The van der Waals surface area contributed by atoms with E-state index in [4.69, 9.17) is 33.4 Å². The molecule has 4 aromatic rings. The second kappa shape index (κ2) is 17.3. The smallest absolute Gasteiger partial charge is 0.317 e. The number of likely N-dealkylation sites (tertiary alicyclic amines) is 1. The Kier molecular flexibility index (Phi) is 12.1. The van der Waals surface area contributed by atoms with Crippen LogP contribution < -0.4 is 26.6 Å². The fourth-order valence-corrected chi connectivity index (χ4v) is 9.25. The van der Waals surface area contributed by atoms with Gasteiger partial charge in [-0.1, -0.05) is 0 Å². The number of carbonyl (C=O) groups is 3. The number of halogens is 2. The molecule has 0 bridgehead atoms. The van der Waals surface area contributed by atoms with Gasteiger partial charge in [-0.15, -0.1) is 0 Å². The highest BCUT2D eigenvalue weighted by molar-refractivity contribution is 6.29. The van der Waals surface area contributed by atoms with Gasteiger partial charge in [-0.3, -0.25) is 9.59 Å². The Bertz CT molecular complexity index is 2240. The van der Waals surface area contributed by atoms with Crippen LogP contribution in [-0.2, 0) is 9.59 Å². The number of nitrogens with zero attached hydrogens (tertiary/aromatic N) is 9. The van der Waals surface area contributed by atoms with Crippen LogP contribution in [0.1, 0.15) is 57.0 Å². The number of nitrogens with one attached hydrogen (secondary N) is 5. The van der Waals surface area contributed by atoms with E-state index in [1.807, 2.05) is 0 Å². The molecule has 9 atom stereocenters. The number of fused-ring (bicyclic) bond motifs is 2. The monoisotopic (exact) mass is 876 g/mol. The van der Waals surface area contributed by atoms with Crippen molar-refractivity contribution in [2.24, 2.45) is 0 Å². The number of carbonyl (C=O) groups excluding carboxylic acids is 3. The lowest BCUT2D eigenvalue weighted by molar-refractivity contribution is -0.126. The van der Waals surface area contributed by atoms with Crippen LogP contribution in [0.25, 0.3) is 22.3 Å². The first-order chi connectivity index (χ1) is 28.8. The van der Waals surface area contributed by atoms with Crippen LogP contribution >= 0.6 is 23.2 Å². The summed E-state index contributed by atoms with van der Waals surface area (Å²) >= 11 is 12.7. The van der Waals surface area contributed by atoms with Crippen molar-refractivity contribution in [3.05, 3.63) is 23.2 Å². The van der Waals surface area contributed by atoms with E-state index in [1.54, 1.807) is 14.0 Å². The molecule has 25 heteroatoms. The van der Waals surface area contributed by atoms with Gasteiger partial charge in [-0.2, -0.15) is 19.9 Å². The largest absolute Gasteiger partial charge is 0.388 e. The van der Waals surface area contributed by atoms with Crippen molar-refractivity contribution in [3.8, 4) is 0 Å². The van der Waals surface area contributed by atoms with Crippen LogP contribution in [0.5, 0.6) is 0 Å². The number of hydrogen-bond donors (Lipinski definition) is 11. The van der Waals surface area contributed by atoms with Crippen molar-refractivity contribution < 1.29 is 45.0 Å². The lowest BCUT2D eigenvalue weighted by Gasteiger charge is -2.31. The normalized spacial score (nSPS) is 30.5. The summed E-state index contributed by atoms with van der Waals surface area (Å²) in [7, 11) is 0. The number of rotatable bonds is 11. The van der Waals surface area contributed by atoms with Gasteiger partial charge in [0.05, 0.1) is 36.8 Å². The fourth-order valence-electron chi connectivity index (χ4n) is 8.92. The molecular weight excluding hydrogens is 831 g/mol. The molecule has 0 spiro atoms. The Balaban J connectivity index is 0.845. The van der Waals surface area contributed by atoms with Crippen molar-refractivity contribution in [3.63, 3.8) is 0 Å². The zero-order valence-corrected chi connectivity index (χ0v) is 33.5. The highest BCUT2D eigenvalue weighted by Crippen LogP contribution is 2.36. The summed E-state index contributed by atoms with van der Waals surface area (Å²) in [6.07, 6.45) is 1.66. The number of hydrogen-bond acceptors (Lipinski definition) is 17. The first-order valence-corrected chi connectivity index (χ1v) is 20.5. The van der Waals surface area contributed by atoms with Crippen molar-refractivity contribution in [1.29, 1.82) is 0 Å². The summed E-state index contributed by atoms with van der Waals surface area (Å²) in [6.45, 7) is -0.611. The van der Waals surface area contributed by atoms with Crippen molar-refractivity contribution in [1.82, 2.24) is 59.9 Å². The van der Waals surface area contributed by atoms with E-state index < -0.39 is 73.6 Å². The average molecular weight is 878 g/mol. The molecule has 0 aromatic carbocycles. The zero-order valence-electron chi connectivity index (χ0n) is 32.0. The molecule has 23 nitrogen and oxygen atoms in total. The van der Waals surface area contributed by atoms with E-state index in [1.165, 1.54) is 12.7 Å². The number of aliphatic hydroxyl groups is 6. The number of aliphatic hydroxyl groups excluding tert-OH is 6. The predicted octanol–water partition coefficient (Wildman–Crippen LogP) is -1.82. The van der Waals surface area contributed by atoms with E-state index >= 15 is 0 Å². The molecule has 60 heavy (non-hydrogen) atoms. The molecule has 1 saturated heterocycles. The van der Waals surface area contributed by atoms with E-state index in [0.29, 0.717) is 79.2 Å². The Morgan fingerprint density at radius 3 is 1.58 bits per heavy atom. The molecule has 0 radical (unpaired) electrons. The third-order valence-electron chi connectivity index (χ3n) is 12.0. The summed E-state index contributed by atoms with van der Waals surface area (Å²) in [6, 6.07) is -3.39. The number of anilines is 2. The first-order valence-electron chi connectivity index (χ1n) is 19.7. The topological polar surface area (TPSA) is 323 Å².